The first-order valence-electron chi connectivity index (χ1n) is 13.5. The molecule has 1 aromatic heterocycles. The van der Waals surface area contributed by atoms with Gasteiger partial charge in [-0.15, -0.1) is 13.2 Å². The Balaban J connectivity index is 1.25. The smallest absolute Gasteiger partial charge is 0.406 e. The van der Waals surface area contributed by atoms with Crippen molar-refractivity contribution in [1.29, 1.82) is 0 Å². The molecular formula is C30H25ClF3N5O4. The number of amides is 2. The number of carbonyl (C=O) groups is 2. The maximum absolute atomic E-state index is 13.2. The first kappa shape index (κ1) is 28.7. The van der Waals surface area contributed by atoms with Crippen molar-refractivity contribution in [3.8, 4) is 17.1 Å². The lowest BCUT2D eigenvalue weighted by Crippen LogP contribution is -2.37. The van der Waals surface area contributed by atoms with Crippen molar-refractivity contribution < 1.29 is 32.6 Å². The molecular weight excluding hydrogens is 587 g/mol. The van der Waals surface area contributed by atoms with Crippen LogP contribution in [0.3, 0.4) is 0 Å². The molecule has 0 spiro atoms. The molecule has 3 aromatic carbocycles. The van der Waals surface area contributed by atoms with Crippen LogP contribution in [0.2, 0.25) is 5.02 Å². The van der Waals surface area contributed by atoms with Gasteiger partial charge in [0.25, 0.3) is 11.8 Å². The van der Waals surface area contributed by atoms with E-state index in [1.165, 1.54) is 24.3 Å². The van der Waals surface area contributed by atoms with Crippen LogP contribution in [-0.2, 0) is 11.3 Å². The predicted molar refractivity (Wildman–Crippen MR) is 154 cm³/mol. The molecule has 13 heteroatoms. The van der Waals surface area contributed by atoms with Gasteiger partial charge in [-0.2, -0.15) is 0 Å². The summed E-state index contributed by atoms with van der Waals surface area (Å²) in [7, 11) is 0. The Morgan fingerprint density at radius 2 is 1.77 bits per heavy atom. The zero-order chi connectivity index (χ0) is 30.4. The molecule has 4 aromatic rings. The van der Waals surface area contributed by atoms with Gasteiger partial charge in [0, 0.05) is 36.3 Å². The van der Waals surface area contributed by atoms with Crippen molar-refractivity contribution in [2.75, 3.05) is 23.3 Å². The molecule has 0 radical (unpaired) electrons. The summed E-state index contributed by atoms with van der Waals surface area (Å²) in [6.07, 6.45) is -2.95. The number of ether oxygens (including phenoxy) is 1. The van der Waals surface area contributed by atoms with Crippen LogP contribution in [0.5, 0.6) is 5.75 Å². The van der Waals surface area contributed by atoms with Crippen molar-refractivity contribution in [3.63, 3.8) is 0 Å². The number of aromatic nitrogens is 2. The lowest BCUT2D eigenvalue weighted by atomic mass is 10.1. The number of nitrogens with one attached hydrogen (secondary N) is 2. The van der Waals surface area contributed by atoms with Crippen LogP contribution in [0.4, 0.5) is 24.7 Å². The topological polar surface area (TPSA) is 117 Å². The van der Waals surface area contributed by atoms with Gasteiger partial charge >= 0.3 is 6.36 Å². The molecule has 6 rings (SSSR count). The zero-order valence-corrected chi connectivity index (χ0v) is 23.3. The minimum Gasteiger partial charge on any atom is -0.406 e. The SMILES string of the molecule is O=C(Nc1ccc2c(N3CCC3)nc(-c3ccc(OC(F)(F)F)cc3)nc2c1)c1cc(CNC(=O)C2(O)CC2)ccc1Cl. The van der Waals surface area contributed by atoms with Gasteiger partial charge in [0.15, 0.2) is 5.82 Å². The number of benzene rings is 3. The third kappa shape index (κ3) is 6.35. The molecule has 9 nitrogen and oxygen atoms in total. The van der Waals surface area contributed by atoms with Gasteiger partial charge in [-0.1, -0.05) is 17.7 Å². The van der Waals surface area contributed by atoms with E-state index >= 15 is 0 Å². The van der Waals surface area contributed by atoms with Crippen LogP contribution in [-0.4, -0.2) is 51.9 Å². The van der Waals surface area contributed by atoms with E-state index in [-0.39, 0.29) is 22.9 Å². The van der Waals surface area contributed by atoms with Crippen molar-refractivity contribution in [3.05, 3.63) is 76.8 Å². The summed E-state index contributed by atoms with van der Waals surface area (Å²) in [5.41, 5.74) is 1.000. The van der Waals surface area contributed by atoms with Crippen LogP contribution in [0, 0.1) is 0 Å². The lowest BCUT2D eigenvalue weighted by molar-refractivity contribution is -0.274. The van der Waals surface area contributed by atoms with Crippen LogP contribution in [0.25, 0.3) is 22.3 Å². The summed E-state index contributed by atoms with van der Waals surface area (Å²) >= 11 is 6.33. The largest absolute Gasteiger partial charge is 0.573 e. The number of fused-ring (bicyclic) bond motifs is 1. The van der Waals surface area contributed by atoms with Crippen molar-refractivity contribution in [2.24, 2.45) is 0 Å². The number of rotatable bonds is 8. The van der Waals surface area contributed by atoms with E-state index in [9.17, 15) is 27.9 Å². The highest BCUT2D eigenvalue weighted by Gasteiger charge is 2.47. The normalized spacial score (nSPS) is 15.5. The Kier molecular flexibility index (Phi) is 7.35. The Bertz CT molecular complexity index is 1720. The molecule has 0 bridgehead atoms. The third-order valence-electron chi connectivity index (χ3n) is 7.31. The van der Waals surface area contributed by atoms with E-state index in [0.29, 0.717) is 46.8 Å². The van der Waals surface area contributed by atoms with Crippen LogP contribution in [0.15, 0.2) is 60.7 Å². The third-order valence-corrected chi connectivity index (χ3v) is 7.64. The molecule has 222 valence electrons. The summed E-state index contributed by atoms with van der Waals surface area (Å²) in [6, 6.07) is 15.4. The van der Waals surface area contributed by atoms with Crippen molar-refractivity contribution >= 4 is 45.8 Å². The minimum absolute atomic E-state index is 0.122. The fourth-order valence-electron chi connectivity index (χ4n) is 4.64. The second kappa shape index (κ2) is 11.0. The van der Waals surface area contributed by atoms with E-state index in [4.69, 9.17) is 16.6 Å². The standard InChI is InChI=1S/C30H25ClF3N5O4/c31-23-9-2-17(16-35-28(41)29(42)10-11-29)14-22(23)27(40)36-19-5-8-21-24(15-19)37-25(38-26(21)39-12-1-13-39)18-3-6-20(7-4-18)43-30(32,33)34/h2-9,14-15,42H,1,10-13,16H2,(H,35,41)(H,36,40). The zero-order valence-electron chi connectivity index (χ0n) is 22.5. The summed E-state index contributed by atoms with van der Waals surface area (Å²) in [5, 5.41) is 16.4. The van der Waals surface area contributed by atoms with Gasteiger partial charge in [-0.3, -0.25) is 9.59 Å². The number of anilines is 2. The molecule has 0 atom stereocenters. The van der Waals surface area contributed by atoms with Gasteiger partial charge in [0.05, 0.1) is 16.1 Å². The van der Waals surface area contributed by atoms with Crippen LogP contribution >= 0.6 is 11.6 Å². The molecule has 2 amide bonds. The Labute approximate surface area is 248 Å². The summed E-state index contributed by atoms with van der Waals surface area (Å²) in [5.74, 6) is -0.279. The number of alkyl halides is 3. The molecule has 1 aliphatic carbocycles. The Morgan fingerprint density at radius 3 is 2.42 bits per heavy atom. The molecule has 2 heterocycles. The van der Waals surface area contributed by atoms with Crippen molar-refractivity contribution in [2.45, 2.75) is 37.8 Å². The molecule has 43 heavy (non-hydrogen) atoms. The molecule has 2 fully saturated rings. The van der Waals surface area contributed by atoms with E-state index < -0.39 is 23.8 Å². The second-order valence-corrected chi connectivity index (χ2v) is 10.9. The lowest BCUT2D eigenvalue weighted by Gasteiger charge is -2.33. The molecule has 3 N–H and O–H groups in total. The highest BCUT2D eigenvalue weighted by Crippen LogP contribution is 2.35. The number of hydrogen-bond acceptors (Lipinski definition) is 7. The average molecular weight is 612 g/mol. The number of nitrogens with zero attached hydrogens (tertiary/aromatic N) is 3. The highest BCUT2D eigenvalue weighted by molar-refractivity contribution is 6.34. The molecule has 1 saturated heterocycles. The van der Waals surface area contributed by atoms with Gasteiger partial charge in [0.1, 0.15) is 17.2 Å². The minimum atomic E-state index is -4.80. The number of hydrogen-bond donors (Lipinski definition) is 3. The maximum atomic E-state index is 13.2. The number of carbonyl (C=O) groups excluding carboxylic acids is 2. The summed E-state index contributed by atoms with van der Waals surface area (Å²) < 4.78 is 41.8. The number of aliphatic hydroxyl groups is 1. The van der Waals surface area contributed by atoms with Gasteiger partial charge in [0.2, 0.25) is 0 Å². The van der Waals surface area contributed by atoms with E-state index in [1.54, 1.807) is 36.4 Å². The Morgan fingerprint density at radius 1 is 1.02 bits per heavy atom. The van der Waals surface area contributed by atoms with Crippen LogP contribution in [0.1, 0.15) is 35.2 Å². The second-order valence-electron chi connectivity index (χ2n) is 10.5. The quantitative estimate of drug-likeness (QED) is 0.243. The Hall–Kier alpha value is -4.42. The first-order chi connectivity index (χ1) is 20.5. The van der Waals surface area contributed by atoms with E-state index in [0.717, 1.165) is 24.9 Å². The monoisotopic (exact) mass is 611 g/mol. The van der Waals surface area contributed by atoms with Gasteiger partial charge in [-0.05, 0) is 79.4 Å². The van der Waals surface area contributed by atoms with Crippen LogP contribution < -0.4 is 20.3 Å². The van der Waals surface area contributed by atoms with Gasteiger partial charge in [-0.25, -0.2) is 9.97 Å². The summed E-state index contributed by atoms with van der Waals surface area (Å²) in [6.45, 7) is 1.73. The van der Waals surface area contributed by atoms with E-state index in [2.05, 4.69) is 25.3 Å². The molecule has 0 unspecified atom stereocenters. The number of halogens is 4. The molecule has 1 aliphatic heterocycles. The van der Waals surface area contributed by atoms with Crippen molar-refractivity contribution in [1.82, 2.24) is 15.3 Å². The fourth-order valence-corrected chi connectivity index (χ4v) is 4.85. The maximum Gasteiger partial charge on any atom is 0.573 e. The fraction of sp³-hybridized carbons (Fsp3) is 0.267. The van der Waals surface area contributed by atoms with Gasteiger partial charge < -0.3 is 25.4 Å². The highest BCUT2D eigenvalue weighted by atomic mass is 35.5. The molecule has 2 aliphatic rings. The predicted octanol–water partition coefficient (Wildman–Crippen LogP) is 5.45. The van der Waals surface area contributed by atoms with E-state index in [1.807, 2.05) is 0 Å². The summed E-state index contributed by atoms with van der Waals surface area (Å²) in [4.78, 5) is 36.7. The first-order valence-corrected chi connectivity index (χ1v) is 13.9. The molecule has 1 saturated carbocycles. The average Bonchev–Trinajstić information content (AvgIpc) is 3.69.